The molecule has 0 aromatic heterocycles. The molecule has 0 nitrogen and oxygen atoms in total. The second kappa shape index (κ2) is 4.21. The van der Waals surface area contributed by atoms with E-state index in [2.05, 4.69) is 20.8 Å². The maximum Gasteiger partial charge on any atom is 0 e. The first-order valence-corrected chi connectivity index (χ1v) is 3.83. The average Bonchev–Trinajstić information content (AvgIpc) is 1.89. The fourth-order valence-electron chi connectivity index (χ4n) is 1.71. The summed E-state index contributed by atoms with van der Waals surface area (Å²) >= 11 is 0. The SMILES string of the molecule is [CH2-]CC1(C[CH2-])CCC1C.[Y]. The van der Waals surface area contributed by atoms with Crippen LogP contribution in [0.4, 0.5) is 0 Å². The molecule has 0 saturated heterocycles. The van der Waals surface area contributed by atoms with Gasteiger partial charge in [-0.1, -0.05) is 25.2 Å². The van der Waals surface area contributed by atoms with Gasteiger partial charge < -0.3 is 13.8 Å². The molecule has 57 valence electrons. The molecule has 1 unspecified atom stereocenters. The summed E-state index contributed by atoms with van der Waals surface area (Å²) in [7, 11) is 0. The Hall–Kier alpha value is 1.10. The van der Waals surface area contributed by atoms with Crippen LogP contribution < -0.4 is 0 Å². The zero-order chi connectivity index (χ0) is 6.91. The first-order valence-electron chi connectivity index (χ1n) is 3.83. The largest absolute Gasteiger partial charge is 0.343 e. The molecule has 0 amide bonds. The third-order valence-electron chi connectivity index (χ3n) is 3.12. The predicted octanol–water partition coefficient (Wildman–Crippen LogP) is 2.85. The van der Waals surface area contributed by atoms with Crippen molar-refractivity contribution < 1.29 is 32.7 Å². The van der Waals surface area contributed by atoms with Crippen molar-refractivity contribution in [1.29, 1.82) is 0 Å². The van der Waals surface area contributed by atoms with Crippen LogP contribution in [0.25, 0.3) is 0 Å². The smallest absolute Gasteiger partial charge is 0 e. The van der Waals surface area contributed by atoms with E-state index in [0.717, 1.165) is 18.8 Å². The minimum atomic E-state index is 0. The molecule has 10 heavy (non-hydrogen) atoms. The Morgan fingerprint density at radius 3 is 1.90 bits per heavy atom. The minimum Gasteiger partial charge on any atom is -0.343 e. The van der Waals surface area contributed by atoms with Crippen molar-refractivity contribution >= 4 is 0 Å². The van der Waals surface area contributed by atoms with Gasteiger partial charge in [0.25, 0.3) is 0 Å². The van der Waals surface area contributed by atoms with Crippen LogP contribution in [0.1, 0.15) is 32.6 Å². The summed E-state index contributed by atoms with van der Waals surface area (Å²) in [4.78, 5) is 0. The van der Waals surface area contributed by atoms with Crippen molar-refractivity contribution in [2.45, 2.75) is 32.6 Å². The van der Waals surface area contributed by atoms with E-state index in [4.69, 9.17) is 0 Å². The molecule has 1 aliphatic carbocycles. The molecule has 1 saturated carbocycles. The van der Waals surface area contributed by atoms with Gasteiger partial charge in [-0.25, -0.2) is 0 Å². The molecule has 0 N–H and O–H groups in total. The molecule has 0 heterocycles. The van der Waals surface area contributed by atoms with Gasteiger partial charge in [0.15, 0.2) is 0 Å². The standard InChI is InChI=1S/C9H16.Y/c1-4-9(5-2)7-6-8(9)3;/h8H,1-2,4-7H2,3H3;/q-2;. The molecule has 0 bridgehead atoms. The van der Waals surface area contributed by atoms with Gasteiger partial charge >= 0.3 is 0 Å². The third kappa shape index (κ3) is 1.64. The molecule has 1 rings (SSSR count). The van der Waals surface area contributed by atoms with E-state index in [0.29, 0.717) is 5.41 Å². The van der Waals surface area contributed by atoms with Crippen LogP contribution in [0.5, 0.6) is 0 Å². The molecular formula is C9H16Y-2. The van der Waals surface area contributed by atoms with E-state index in [9.17, 15) is 0 Å². The Labute approximate surface area is 90.0 Å². The fraction of sp³-hybridized carbons (Fsp3) is 0.778. The quantitative estimate of drug-likeness (QED) is 0.618. The topological polar surface area (TPSA) is 0 Å². The Morgan fingerprint density at radius 1 is 1.40 bits per heavy atom. The summed E-state index contributed by atoms with van der Waals surface area (Å²) in [6.07, 6.45) is 4.92. The maximum absolute atomic E-state index is 3.96. The molecular weight excluding hydrogens is 197 g/mol. The van der Waals surface area contributed by atoms with Gasteiger partial charge in [-0.15, -0.1) is 0 Å². The number of hydrogen-bond acceptors (Lipinski definition) is 0. The van der Waals surface area contributed by atoms with Crippen molar-refractivity contribution in [3.63, 3.8) is 0 Å². The van der Waals surface area contributed by atoms with E-state index in [1.807, 2.05) is 0 Å². The van der Waals surface area contributed by atoms with Crippen molar-refractivity contribution in [2.24, 2.45) is 11.3 Å². The first kappa shape index (κ1) is 11.1. The Kier molecular flexibility index (Phi) is 4.67. The van der Waals surface area contributed by atoms with Crippen LogP contribution in [-0.2, 0) is 32.7 Å². The summed E-state index contributed by atoms with van der Waals surface area (Å²) in [6.45, 7) is 10.2. The Morgan fingerprint density at radius 2 is 1.90 bits per heavy atom. The molecule has 1 fully saturated rings. The van der Waals surface area contributed by atoms with Gasteiger partial charge in [-0.3, -0.25) is 0 Å². The van der Waals surface area contributed by atoms with Gasteiger partial charge in [0.05, 0.1) is 0 Å². The van der Waals surface area contributed by atoms with Crippen molar-refractivity contribution in [3.05, 3.63) is 13.8 Å². The van der Waals surface area contributed by atoms with E-state index < -0.39 is 0 Å². The normalized spacial score (nSPS) is 28.5. The minimum absolute atomic E-state index is 0. The van der Waals surface area contributed by atoms with Gasteiger partial charge in [0.1, 0.15) is 0 Å². The molecule has 0 aromatic carbocycles. The summed E-state index contributed by atoms with van der Waals surface area (Å²) in [5.41, 5.74) is 0.542. The summed E-state index contributed by atoms with van der Waals surface area (Å²) in [5.74, 6) is 0.882. The molecule has 1 aliphatic rings. The molecule has 1 heteroatoms. The van der Waals surface area contributed by atoms with E-state index in [1.165, 1.54) is 12.8 Å². The first-order chi connectivity index (χ1) is 4.25. The van der Waals surface area contributed by atoms with Gasteiger partial charge in [0.2, 0.25) is 0 Å². The summed E-state index contributed by atoms with van der Waals surface area (Å²) in [5, 5.41) is 0. The van der Waals surface area contributed by atoms with Gasteiger partial charge in [0, 0.05) is 32.7 Å². The molecule has 0 aliphatic heterocycles. The van der Waals surface area contributed by atoms with E-state index >= 15 is 0 Å². The summed E-state index contributed by atoms with van der Waals surface area (Å²) in [6, 6.07) is 0. The van der Waals surface area contributed by atoms with Gasteiger partial charge in [-0.05, 0) is 5.92 Å². The van der Waals surface area contributed by atoms with Crippen LogP contribution in [0.2, 0.25) is 0 Å². The summed E-state index contributed by atoms with van der Waals surface area (Å²) < 4.78 is 0. The van der Waals surface area contributed by atoms with Crippen molar-refractivity contribution in [1.82, 2.24) is 0 Å². The van der Waals surface area contributed by atoms with Crippen LogP contribution in [0.15, 0.2) is 0 Å². The van der Waals surface area contributed by atoms with Crippen LogP contribution in [-0.4, -0.2) is 0 Å². The predicted molar refractivity (Wildman–Crippen MR) is 40.8 cm³/mol. The Balaban J connectivity index is 0.000000810. The van der Waals surface area contributed by atoms with Crippen LogP contribution in [0.3, 0.4) is 0 Å². The van der Waals surface area contributed by atoms with Crippen molar-refractivity contribution in [3.8, 4) is 0 Å². The van der Waals surface area contributed by atoms with Gasteiger partial charge in [-0.2, -0.15) is 12.8 Å². The molecule has 0 aromatic rings. The number of hydrogen-bond donors (Lipinski definition) is 0. The second-order valence-corrected chi connectivity index (χ2v) is 3.30. The second-order valence-electron chi connectivity index (χ2n) is 3.30. The molecule has 0 spiro atoms. The Bertz CT molecular complexity index is 89.4. The van der Waals surface area contributed by atoms with E-state index in [-0.39, 0.29) is 32.7 Å². The van der Waals surface area contributed by atoms with Crippen LogP contribution in [0, 0.1) is 25.2 Å². The van der Waals surface area contributed by atoms with Crippen molar-refractivity contribution in [2.75, 3.05) is 0 Å². The van der Waals surface area contributed by atoms with E-state index in [1.54, 1.807) is 0 Å². The van der Waals surface area contributed by atoms with Crippen LogP contribution >= 0.6 is 0 Å². The number of rotatable bonds is 2. The monoisotopic (exact) mass is 213 g/mol. The third-order valence-corrected chi connectivity index (χ3v) is 3.12. The average molecular weight is 213 g/mol. The zero-order valence-corrected chi connectivity index (χ0v) is 9.74. The zero-order valence-electron chi connectivity index (χ0n) is 6.90. The maximum atomic E-state index is 3.96. The molecule has 1 radical (unpaired) electrons. The fourth-order valence-corrected chi connectivity index (χ4v) is 1.71. The molecule has 1 atom stereocenters.